The lowest BCUT2D eigenvalue weighted by Gasteiger charge is -2.23. The highest BCUT2D eigenvalue weighted by atomic mass is 16.5. The average Bonchev–Trinajstić information content (AvgIpc) is 2.82. The molecule has 3 heterocycles. The summed E-state index contributed by atoms with van der Waals surface area (Å²) in [6.07, 6.45) is 4.46. The maximum Gasteiger partial charge on any atom is 0.232 e. The number of nitrogens with zero attached hydrogens (tertiary/aromatic N) is 2. The molecule has 0 aliphatic carbocycles. The van der Waals surface area contributed by atoms with Gasteiger partial charge in [-0.1, -0.05) is 6.07 Å². The van der Waals surface area contributed by atoms with E-state index >= 15 is 0 Å². The summed E-state index contributed by atoms with van der Waals surface area (Å²) >= 11 is 0. The Hall–Kier alpha value is -1.55. The van der Waals surface area contributed by atoms with E-state index in [0.717, 1.165) is 18.7 Å². The molecule has 0 saturated carbocycles. The standard InChI is InChI=1S/C13H17N3O/c1-17-13-9-16-11(5-2-6-12(16)15-13)10-4-3-7-14-8-10/h2,5-6,9-10,14H,3-4,7-8H2,1H3. The molecule has 2 aromatic heterocycles. The third kappa shape index (κ3) is 1.89. The molecule has 0 spiro atoms. The summed E-state index contributed by atoms with van der Waals surface area (Å²) in [4.78, 5) is 4.41. The number of hydrogen-bond donors (Lipinski definition) is 1. The molecular formula is C13H17N3O. The Balaban J connectivity index is 2.05. The van der Waals surface area contributed by atoms with Crippen molar-refractivity contribution in [1.82, 2.24) is 14.7 Å². The van der Waals surface area contributed by atoms with Crippen molar-refractivity contribution in [2.75, 3.05) is 20.2 Å². The summed E-state index contributed by atoms with van der Waals surface area (Å²) < 4.78 is 7.34. The van der Waals surface area contributed by atoms with Gasteiger partial charge in [0.1, 0.15) is 5.65 Å². The van der Waals surface area contributed by atoms with Crippen molar-refractivity contribution in [3.05, 3.63) is 30.1 Å². The summed E-state index contributed by atoms with van der Waals surface area (Å²) in [5, 5.41) is 3.45. The van der Waals surface area contributed by atoms with Gasteiger partial charge >= 0.3 is 0 Å². The van der Waals surface area contributed by atoms with Gasteiger partial charge in [-0.05, 0) is 31.5 Å². The fourth-order valence-corrected chi connectivity index (χ4v) is 2.55. The lowest BCUT2D eigenvalue weighted by molar-refractivity contribution is 0.400. The van der Waals surface area contributed by atoms with Crippen molar-refractivity contribution in [2.24, 2.45) is 0 Å². The predicted molar refractivity (Wildman–Crippen MR) is 66.6 cm³/mol. The number of hydrogen-bond acceptors (Lipinski definition) is 3. The number of rotatable bonds is 2. The second-order valence-corrected chi connectivity index (χ2v) is 4.51. The molecule has 1 fully saturated rings. The normalized spacial score (nSPS) is 20.6. The molecule has 17 heavy (non-hydrogen) atoms. The highest BCUT2D eigenvalue weighted by Gasteiger charge is 2.18. The smallest absolute Gasteiger partial charge is 0.232 e. The second-order valence-electron chi connectivity index (χ2n) is 4.51. The van der Waals surface area contributed by atoms with Crippen molar-refractivity contribution < 1.29 is 4.74 Å². The summed E-state index contributed by atoms with van der Waals surface area (Å²) in [6, 6.07) is 6.28. The minimum absolute atomic E-state index is 0.575. The van der Waals surface area contributed by atoms with Gasteiger partial charge in [0, 0.05) is 18.2 Å². The first kappa shape index (κ1) is 10.6. The molecule has 3 rings (SSSR count). The highest BCUT2D eigenvalue weighted by molar-refractivity contribution is 5.44. The summed E-state index contributed by atoms with van der Waals surface area (Å²) in [5.41, 5.74) is 2.29. The van der Waals surface area contributed by atoms with E-state index in [0.29, 0.717) is 11.8 Å². The summed E-state index contributed by atoms with van der Waals surface area (Å²) in [5.74, 6) is 1.26. The Morgan fingerprint density at radius 1 is 1.47 bits per heavy atom. The number of nitrogens with one attached hydrogen (secondary N) is 1. The van der Waals surface area contributed by atoms with Gasteiger partial charge in [-0.25, -0.2) is 0 Å². The van der Waals surface area contributed by atoms with Crippen LogP contribution in [0.2, 0.25) is 0 Å². The molecule has 0 amide bonds. The van der Waals surface area contributed by atoms with E-state index in [1.807, 2.05) is 12.3 Å². The molecule has 2 aromatic rings. The van der Waals surface area contributed by atoms with Crippen LogP contribution in [-0.4, -0.2) is 29.6 Å². The number of pyridine rings is 1. The lowest BCUT2D eigenvalue weighted by Crippen LogP contribution is -2.29. The molecule has 1 saturated heterocycles. The fraction of sp³-hybridized carbons (Fsp3) is 0.462. The molecular weight excluding hydrogens is 214 g/mol. The Morgan fingerprint density at radius 2 is 2.41 bits per heavy atom. The van der Waals surface area contributed by atoms with E-state index in [1.54, 1.807) is 7.11 Å². The zero-order valence-electron chi connectivity index (χ0n) is 10.0. The molecule has 1 aliphatic heterocycles. The molecule has 0 bridgehead atoms. The zero-order chi connectivity index (χ0) is 11.7. The van der Waals surface area contributed by atoms with Crippen LogP contribution in [0.15, 0.2) is 24.4 Å². The van der Waals surface area contributed by atoms with E-state index < -0.39 is 0 Å². The molecule has 4 heteroatoms. The van der Waals surface area contributed by atoms with Crippen LogP contribution in [0.5, 0.6) is 5.88 Å². The van der Waals surface area contributed by atoms with Crippen LogP contribution in [0.3, 0.4) is 0 Å². The Kier molecular flexibility index (Phi) is 2.73. The van der Waals surface area contributed by atoms with Gasteiger partial charge < -0.3 is 10.1 Å². The number of piperidine rings is 1. The third-order valence-electron chi connectivity index (χ3n) is 3.43. The van der Waals surface area contributed by atoms with Crippen LogP contribution in [0, 0.1) is 0 Å². The minimum atomic E-state index is 0.575. The van der Waals surface area contributed by atoms with E-state index in [-0.39, 0.29) is 0 Å². The van der Waals surface area contributed by atoms with Gasteiger partial charge in [-0.3, -0.25) is 4.40 Å². The molecule has 0 aromatic carbocycles. The van der Waals surface area contributed by atoms with Gasteiger partial charge in [0.2, 0.25) is 5.88 Å². The number of ether oxygens (including phenoxy) is 1. The van der Waals surface area contributed by atoms with Gasteiger partial charge in [0.15, 0.2) is 0 Å². The quantitative estimate of drug-likeness (QED) is 0.856. The first-order valence-electron chi connectivity index (χ1n) is 6.11. The zero-order valence-corrected chi connectivity index (χ0v) is 10.0. The SMILES string of the molecule is COc1cn2c(C3CCCNC3)cccc2n1. The summed E-state index contributed by atoms with van der Waals surface area (Å²) in [6.45, 7) is 2.19. The van der Waals surface area contributed by atoms with Crippen LogP contribution in [0.25, 0.3) is 5.65 Å². The molecule has 0 radical (unpaired) electrons. The maximum absolute atomic E-state index is 5.19. The Morgan fingerprint density at radius 3 is 3.18 bits per heavy atom. The van der Waals surface area contributed by atoms with Crippen molar-refractivity contribution in [1.29, 1.82) is 0 Å². The van der Waals surface area contributed by atoms with Gasteiger partial charge in [-0.15, -0.1) is 0 Å². The topological polar surface area (TPSA) is 38.6 Å². The molecule has 1 N–H and O–H groups in total. The van der Waals surface area contributed by atoms with E-state index in [1.165, 1.54) is 18.5 Å². The number of fused-ring (bicyclic) bond motifs is 1. The highest BCUT2D eigenvalue weighted by Crippen LogP contribution is 2.25. The first-order chi connectivity index (χ1) is 8.38. The van der Waals surface area contributed by atoms with E-state index in [4.69, 9.17) is 4.74 Å². The largest absolute Gasteiger partial charge is 0.480 e. The average molecular weight is 231 g/mol. The third-order valence-corrected chi connectivity index (χ3v) is 3.43. The molecule has 90 valence electrons. The molecule has 4 nitrogen and oxygen atoms in total. The van der Waals surface area contributed by atoms with Gasteiger partial charge in [0.25, 0.3) is 0 Å². The summed E-state index contributed by atoms with van der Waals surface area (Å²) in [7, 11) is 1.66. The number of methoxy groups -OCH3 is 1. The van der Waals surface area contributed by atoms with Gasteiger partial charge in [-0.2, -0.15) is 4.98 Å². The van der Waals surface area contributed by atoms with Crippen LogP contribution in [-0.2, 0) is 0 Å². The fourth-order valence-electron chi connectivity index (χ4n) is 2.55. The van der Waals surface area contributed by atoms with Crippen LogP contribution in [0.1, 0.15) is 24.5 Å². The molecule has 1 aliphatic rings. The lowest BCUT2D eigenvalue weighted by atomic mass is 9.95. The van der Waals surface area contributed by atoms with Gasteiger partial charge in [0.05, 0.1) is 13.3 Å². The monoisotopic (exact) mass is 231 g/mol. The second kappa shape index (κ2) is 4.37. The minimum Gasteiger partial charge on any atom is -0.480 e. The Bertz CT molecular complexity index is 514. The first-order valence-corrected chi connectivity index (χ1v) is 6.11. The molecule has 1 unspecified atom stereocenters. The number of aromatic nitrogens is 2. The van der Waals surface area contributed by atoms with E-state index in [9.17, 15) is 0 Å². The van der Waals surface area contributed by atoms with Crippen molar-refractivity contribution in [3.63, 3.8) is 0 Å². The van der Waals surface area contributed by atoms with Crippen molar-refractivity contribution >= 4 is 5.65 Å². The predicted octanol–water partition coefficient (Wildman–Crippen LogP) is 1.81. The van der Waals surface area contributed by atoms with Crippen LogP contribution < -0.4 is 10.1 Å². The van der Waals surface area contributed by atoms with E-state index in [2.05, 4.69) is 26.8 Å². The maximum atomic E-state index is 5.19. The van der Waals surface area contributed by atoms with Crippen LogP contribution >= 0.6 is 0 Å². The Labute approximate surface area is 101 Å². The molecule has 1 atom stereocenters. The van der Waals surface area contributed by atoms with Crippen molar-refractivity contribution in [3.8, 4) is 5.88 Å². The van der Waals surface area contributed by atoms with Crippen molar-refractivity contribution in [2.45, 2.75) is 18.8 Å². The van der Waals surface area contributed by atoms with Crippen LogP contribution in [0.4, 0.5) is 0 Å². The number of imidazole rings is 1.